The standard InChI is InChI=1S/C22H23BrN4O2/c1-15(25-12-11-24)20(28)26-14-16-5-2-3-8-19(16)21(29)27-22(9-10-22)17-6-4-7-18(23)13-17/h2-8,13,15,25H,9-10,12,14H2,1H3,(H,26,28)(H,27,29). The summed E-state index contributed by atoms with van der Waals surface area (Å²) < 4.78 is 0.984. The van der Waals surface area contributed by atoms with Crippen LogP contribution in [0.5, 0.6) is 0 Å². The van der Waals surface area contributed by atoms with Gasteiger partial charge in [0.15, 0.2) is 0 Å². The van der Waals surface area contributed by atoms with Crippen LogP contribution in [-0.2, 0) is 16.9 Å². The number of carbonyl (C=O) groups is 2. The van der Waals surface area contributed by atoms with Crippen LogP contribution in [0.25, 0.3) is 0 Å². The van der Waals surface area contributed by atoms with Gasteiger partial charge in [-0.3, -0.25) is 14.9 Å². The summed E-state index contributed by atoms with van der Waals surface area (Å²) in [6.07, 6.45) is 1.80. The molecule has 7 heteroatoms. The minimum absolute atomic E-state index is 0.102. The minimum Gasteiger partial charge on any atom is -0.351 e. The van der Waals surface area contributed by atoms with Crippen molar-refractivity contribution in [1.29, 1.82) is 5.26 Å². The highest BCUT2D eigenvalue weighted by atomic mass is 79.9. The number of amides is 2. The van der Waals surface area contributed by atoms with Crippen LogP contribution >= 0.6 is 15.9 Å². The van der Waals surface area contributed by atoms with Crippen LogP contribution in [0.2, 0.25) is 0 Å². The molecule has 0 aromatic heterocycles. The van der Waals surface area contributed by atoms with Gasteiger partial charge >= 0.3 is 0 Å². The van der Waals surface area contributed by atoms with Crippen molar-refractivity contribution < 1.29 is 9.59 Å². The lowest BCUT2D eigenvalue weighted by Gasteiger charge is -2.20. The molecule has 0 saturated heterocycles. The highest BCUT2D eigenvalue weighted by Gasteiger charge is 2.46. The van der Waals surface area contributed by atoms with Gasteiger partial charge in [-0.1, -0.05) is 46.3 Å². The first-order chi connectivity index (χ1) is 13.9. The molecule has 1 saturated carbocycles. The van der Waals surface area contributed by atoms with Crippen LogP contribution in [0.3, 0.4) is 0 Å². The fraction of sp³-hybridized carbons (Fsp3) is 0.318. The van der Waals surface area contributed by atoms with Gasteiger partial charge in [-0.2, -0.15) is 5.26 Å². The molecule has 1 atom stereocenters. The maximum absolute atomic E-state index is 13.0. The van der Waals surface area contributed by atoms with Gasteiger partial charge in [0.2, 0.25) is 5.91 Å². The normalized spacial score (nSPS) is 15.1. The topological polar surface area (TPSA) is 94.0 Å². The maximum Gasteiger partial charge on any atom is 0.252 e. The summed E-state index contributed by atoms with van der Waals surface area (Å²) in [4.78, 5) is 25.2. The zero-order chi connectivity index (χ0) is 20.9. The summed E-state index contributed by atoms with van der Waals surface area (Å²) in [5.41, 5.74) is 2.05. The Bertz CT molecular complexity index is 950. The van der Waals surface area contributed by atoms with Gasteiger partial charge in [-0.05, 0) is 49.1 Å². The lowest BCUT2D eigenvalue weighted by Crippen LogP contribution is -2.42. The van der Waals surface area contributed by atoms with Gasteiger partial charge < -0.3 is 10.6 Å². The number of benzene rings is 2. The summed E-state index contributed by atoms with van der Waals surface area (Å²) in [6, 6.07) is 16.7. The molecule has 0 radical (unpaired) electrons. The van der Waals surface area contributed by atoms with Crippen LogP contribution < -0.4 is 16.0 Å². The molecule has 1 aliphatic rings. The first-order valence-electron chi connectivity index (χ1n) is 9.50. The van der Waals surface area contributed by atoms with Crippen LogP contribution in [-0.4, -0.2) is 24.4 Å². The molecule has 2 aromatic carbocycles. The number of nitrogens with one attached hydrogen (secondary N) is 3. The Morgan fingerprint density at radius 2 is 1.97 bits per heavy atom. The molecule has 1 fully saturated rings. The van der Waals surface area contributed by atoms with Crippen LogP contribution in [0, 0.1) is 11.3 Å². The molecule has 1 unspecified atom stereocenters. The predicted molar refractivity (Wildman–Crippen MR) is 114 cm³/mol. The molecule has 6 nitrogen and oxygen atoms in total. The maximum atomic E-state index is 13.0. The van der Waals surface area contributed by atoms with Gasteiger partial charge in [0.25, 0.3) is 5.91 Å². The second-order valence-electron chi connectivity index (χ2n) is 7.18. The molecular formula is C22H23BrN4O2. The minimum atomic E-state index is -0.484. The first-order valence-corrected chi connectivity index (χ1v) is 10.3. The summed E-state index contributed by atoms with van der Waals surface area (Å²) in [6.45, 7) is 2.04. The Hall–Kier alpha value is -2.69. The van der Waals surface area contributed by atoms with Crippen LogP contribution in [0.15, 0.2) is 53.0 Å². The monoisotopic (exact) mass is 454 g/mol. The van der Waals surface area contributed by atoms with E-state index in [0.717, 1.165) is 28.4 Å². The number of hydrogen-bond donors (Lipinski definition) is 3. The second-order valence-corrected chi connectivity index (χ2v) is 8.10. The summed E-state index contributed by atoms with van der Waals surface area (Å²) in [7, 11) is 0. The quantitative estimate of drug-likeness (QED) is 0.534. The summed E-state index contributed by atoms with van der Waals surface area (Å²) >= 11 is 3.49. The Morgan fingerprint density at radius 1 is 1.21 bits per heavy atom. The smallest absolute Gasteiger partial charge is 0.252 e. The van der Waals surface area contributed by atoms with Gasteiger partial charge in [0.1, 0.15) is 0 Å². The lowest BCUT2D eigenvalue weighted by atomic mass is 10.0. The molecule has 150 valence electrons. The van der Waals surface area contributed by atoms with E-state index in [0.29, 0.717) is 5.56 Å². The molecule has 2 amide bonds. The average Bonchev–Trinajstić information content (AvgIpc) is 3.51. The van der Waals surface area contributed by atoms with E-state index >= 15 is 0 Å². The van der Waals surface area contributed by atoms with E-state index in [1.165, 1.54) is 0 Å². The molecule has 0 spiro atoms. The van der Waals surface area contributed by atoms with E-state index in [-0.39, 0.29) is 30.4 Å². The van der Waals surface area contributed by atoms with E-state index in [1.807, 2.05) is 48.5 Å². The van der Waals surface area contributed by atoms with E-state index < -0.39 is 6.04 Å². The van der Waals surface area contributed by atoms with Crippen molar-refractivity contribution in [2.24, 2.45) is 0 Å². The molecule has 29 heavy (non-hydrogen) atoms. The van der Waals surface area contributed by atoms with Crippen molar-refractivity contribution in [3.63, 3.8) is 0 Å². The van der Waals surface area contributed by atoms with Crippen LogP contribution in [0.4, 0.5) is 0 Å². The third-order valence-corrected chi connectivity index (χ3v) is 5.57. The first kappa shape index (κ1) is 21.0. The van der Waals surface area contributed by atoms with E-state index in [4.69, 9.17) is 5.26 Å². The Kier molecular flexibility index (Phi) is 6.68. The Morgan fingerprint density at radius 3 is 2.66 bits per heavy atom. The lowest BCUT2D eigenvalue weighted by molar-refractivity contribution is -0.122. The molecule has 3 rings (SSSR count). The van der Waals surface area contributed by atoms with E-state index in [1.54, 1.807) is 13.0 Å². The van der Waals surface area contributed by atoms with Gasteiger partial charge in [0, 0.05) is 16.6 Å². The van der Waals surface area contributed by atoms with Crippen LogP contribution in [0.1, 0.15) is 41.3 Å². The van der Waals surface area contributed by atoms with Crippen molar-refractivity contribution in [2.75, 3.05) is 6.54 Å². The molecular weight excluding hydrogens is 432 g/mol. The number of hydrogen-bond acceptors (Lipinski definition) is 4. The largest absolute Gasteiger partial charge is 0.351 e. The van der Waals surface area contributed by atoms with Gasteiger partial charge in [0.05, 0.1) is 24.2 Å². The van der Waals surface area contributed by atoms with E-state index in [9.17, 15) is 9.59 Å². The SMILES string of the molecule is CC(NCC#N)C(=O)NCc1ccccc1C(=O)NC1(c2cccc(Br)c2)CC1. The zero-order valence-corrected chi connectivity index (χ0v) is 17.8. The third-order valence-electron chi connectivity index (χ3n) is 5.08. The highest BCUT2D eigenvalue weighted by molar-refractivity contribution is 9.10. The van der Waals surface area contributed by atoms with Gasteiger partial charge in [-0.25, -0.2) is 0 Å². The number of nitrogens with zero attached hydrogens (tertiary/aromatic N) is 1. The Balaban J connectivity index is 1.68. The van der Waals surface area contributed by atoms with Crippen molar-refractivity contribution in [3.8, 4) is 6.07 Å². The molecule has 0 aliphatic heterocycles. The number of carbonyl (C=O) groups excluding carboxylic acids is 2. The molecule has 1 aliphatic carbocycles. The predicted octanol–water partition coefficient (Wildman–Crippen LogP) is 2.99. The molecule has 2 aromatic rings. The molecule has 3 N–H and O–H groups in total. The fourth-order valence-electron chi connectivity index (χ4n) is 3.20. The zero-order valence-electron chi connectivity index (χ0n) is 16.2. The Labute approximate surface area is 178 Å². The second kappa shape index (κ2) is 9.21. The van der Waals surface area contributed by atoms with Crippen molar-refractivity contribution in [2.45, 2.75) is 37.9 Å². The summed E-state index contributed by atoms with van der Waals surface area (Å²) in [5, 5.41) is 17.4. The molecule has 0 bridgehead atoms. The molecule has 0 heterocycles. The van der Waals surface area contributed by atoms with Crippen molar-refractivity contribution in [3.05, 3.63) is 69.7 Å². The van der Waals surface area contributed by atoms with Crippen molar-refractivity contribution >= 4 is 27.7 Å². The summed E-state index contributed by atoms with van der Waals surface area (Å²) in [5.74, 6) is -0.369. The highest BCUT2D eigenvalue weighted by Crippen LogP contribution is 2.46. The number of rotatable bonds is 8. The van der Waals surface area contributed by atoms with E-state index in [2.05, 4.69) is 31.9 Å². The van der Waals surface area contributed by atoms with Crippen molar-refractivity contribution in [1.82, 2.24) is 16.0 Å². The number of nitriles is 1. The number of halogens is 1. The fourth-order valence-corrected chi connectivity index (χ4v) is 3.60. The van der Waals surface area contributed by atoms with Gasteiger partial charge in [-0.15, -0.1) is 0 Å². The third kappa shape index (κ3) is 5.22. The average molecular weight is 455 g/mol.